The fraction of sp³-hybridized carbons (Fsp3) is 0.400. The van der Waals surface area contributed by atoms with Crippen LogP contribution in [0.25, 0.3) is 0 Å². The highest BCUT2D eigenvalue weighted by molar-refractivity contribution is 6.30. The largest absolute Gasteiger partial charge is 0.493 e. The van der Waals surface area contributed by atoms with Gasteiger partial charge in [-0.1, -0.05) is 46.8 Å². The number of rotatable bonds is 8. The van der Waals surface area contributed by atoms with Gasteiger partial charge in [0.25, 0.3) is 0 Å². The number of hydrogen-bond donors (Lipinski definition) is 1. The Balaban J connectivity index is 2.13. The van der Waals surface area contributed by atoms with Crippen molar-refractivity contribution in [1.82, 2.24) is 0 Å². The van der Waals surface area contributed by atoms with Crippen LogP contribution in [0.15, 0.2) is 30.3 Å². The van der Waals surface area contributed by atoms with Crippen LogP contribution in [0.1, 0.15) is 72.9 Å². The molecule has 31 heavy (non-hydrogen) atoms. The number of ether oxygens (including phenoxy) is 2. The summed E-state index contributed by atoms with van der Waals surface area (Å²) in [6.07, 6.45) is 0.297. The first-order chi connectivity index (χ1) is 14.7. The Labute approximate surface area is 182 Å². The molecule has 6 heteroatoms. The number of carbonyl (C=O) groups excluding carboxylic acids is 3. The molecule has 1 aliphatic carbocycles. The van der Waals surface area contributed by atoms with Crippen molar-refractivity contribution in [3.63, 3.8) is 0 Å². The first-order valence-electron chi connectivity index (χ1n) is 10.7. The van der Waals surface area contributed by atoms with Gasteiger partial charge < -0.3 is 14.8 Å². The Bertz CT molecular complexity index is 1020. The van der Waals surface area contributed by atoms with Crippen molar-refractivity contribution in [2.24, 2.45) is 11.8 Å². The highest BCUT2D eigenvalue weighted by Crippen LogP contribution is 2.39. The van der Waals surface area contributed by atoms with Gasteiger partial charge in [0.05, 0.1) is 24.3 Å². The van der Waals surface area contributed by atoms with E-state index in [0.29, 0.717) is 42.4 Å². The van der Waals surface area contributed by atoms with Gasteiger partial charge >= 0.3 is 0 Å². The molecule has 0 aromatic heterocycles. The molecule has 0 saturated carbocycles. The Hall–Kier alpha value is -3.15. The molecule has 2 aromatic rings. The van der Waals surface area contributed by atoms with E-state index >= 15 is 0 Å². The minimum absolute atomic E-state index is 0.186. The average Bonchev–Trinajstić information content (AvgIpc) is 2.73. The van der Waals surface area contributed by atoms with Gasteiger partial charge in [-0.05, 0) is 24.0 Å². The van der Waals surface area contributed by atoms with Crippen molar-refractivity contribution in [3.8, 4) is 11.5 Å². The molecule has 164 valence electrons. The predicted molar refractivity (Wildman–Crippen MR) is 119 cm³/mol. The van der Waals surface area contributed by atoms with Crippen molar-refractivity contribution in [2.45, 2.75) is 41.0 Å². The van der Waals surface area contributed by atoms with E-state index in [1.807, 2.05) is 27.7 Å². The molecular formula is C25H29NO5. The molecule has 0 spiro atoms. The van der Waals surface area contributed by atoms with E-state index in [1.165, 1.54) is 0 Å². The summed E-state index contributed by atoms with van der Waals surface area (Å²) in [7, 11) is 0. The van der Waals surface area contributed by atoms with Gasteiger partial charge in [0.1, 0.15) is 11.5 Å². The first kappa shape index (κ1) is 22.5. The lowest BCUT2D eigenvalue weighted by Gasteiger charge is -2.24. The van der Waals surface area contributed by atoms with Gasteiger partial charge in [-0.15, -0.1) is 0 Å². The van der Waals surface area contributed by atoms with Crippen LogP contribution >= 0.6 is 0 Å². The minimum atomic E-state index is -0.309. The normalized spacial score (nSPS) is 12.6. The van der Waals surface area contributed by atoms with Gasteiger partial charge in [0.2, 0.25) is 11.7 Å². The average molecular weight is 424 g/mol. The van der Waals surface area contributed by atoms with E-state index in [2.05, 4.69) is 5.32 Å². The van der Waals surface area contributed by atoms with Crippen molar-refractivity contribution >= 4 is 23.2 Å². The molecule has 0 aliphatic heterocycles. The number of amides is 1. The zero-order chi connectivity index (χ0) is 22.7. The molecule has 1 amide bonds. The van der Waals surface area contributed by atoms with Gasteiger partial charge in [0.15, 0.2) is 5.78 Å². The second-order valence-corrected chi connectivity index (χ2v) is 8.55. The number of carbonyl (C=O) groups is 3. The Morgan fingerprint density at radius 1 is 0.871 bits per heavy atom. The molecule has 0 bridgehead atoms. The van der Waals surface area contributed by atoms with E-state index in [1.54, 1.807) is 37.3 Å². The second kappa shape index (κ2) is 9.33. The molecule has 1 aliphatic rings. The number of nitrogens with one attached hydrogen (secondary N) is 1. The summed E-state index contributed by atoms with van der Waals surface area (Å²) in [5, 5.41) is 2.77. The molecule has 0 radical (unpaired) electrons. The van der Waals surface area contributed by atoms with E-state index in [4.69, 9.17) is 9.47 Å². The van der Waals surface area contributed by atoms with Crippen LogP contribution in [0, 0.1) is 11.8 Å². The molecule has 0 saturated heterocycles. The third-order valence-corrected chi connectivity index (χ3v) is 4.82. The molecule has 3 rings (SSSR count). The maximum atomic E-state index is 13.6. The molecule has 6 nitrogen and oxygen atoms in total. The highest BCUT2D eigenvalue weighted by Gasteiger charge is 2.35. The molecular weight excluding hydrogens is 394 g/mol. The number of anilines is 1. The fourth-order valence-corrected chi connectivity index (χ4v) is 3.32. The monoisotopic (exact) mass is 423 g/mol. The second-order valence-electron chi connectivity index (χ2n) is 8.55. The number of fused-ring (bicyclic) bond motifs is 2. The Morgan fingerprint density at radius 3 is 2.10 bits per heavy atom. The van der Waals surface area contributed by atoms with Crippen LogP contribution in [0.5, 0.6) is 11.5 Å². The van der Waals surface area contributed by atoms with Crippen LogP contribution in [-0.4, -0.2) is 30.7 Å². The quantitative estimate of drug-likeness (QED) is 0.558. The summed E-state index contributed by atoms with van der Waals surface area (Å²) >= 11 is 0. The van der Waals surface area contributed by atoms with E-state index in [9.17, 15) is 14.4 Å². The number of hydrogen-bond acceptors (Lipinski definition) is 5. The van der Waals surface area contributed by atoms with Crippen LogP contribution < -0.4 is 14.8 Å². The first-order valence-corrected chi connectivity index (χ1v) is 10.7. The highest BCUT2D eigenvalue weighted by atomic mass is 16.5. The summed E-state index contributed by atoms with van der Waals surface area (Å²) in [4.78, 5) is 38.9. The summed E-state index contributed by atoms with van der Waals surface area (Å²) in [5.41, 5.74) is 1.44. The molecule has 0 fully saturated rings. The van der Waals surface area contributed by atoms with Crippen molar-refractivity contribution < 1.29 is 23.9 Å². The Morgan fingerprint density at radius 2 is 1.48 bits per heavy atom. The lowest BCUT2D eigenvalue weighted by atomic mass is 9.82. The van der Waals surface area contributed by atoms with E-state index in [0.717, 1.165) is 0 Å². The number of benzene rings is 2. The lowest BCUT2D eigenvalue weighted by Crippen LogP contribution is -2.24. The third-order valence-electron chi connectivity index (χ3n) is 4.82. The van der Waals surface area contributed by atoms with Gasteiger partial charge in [0, 0.05) is 29.3 Å². The van der Waals surface area contributed by atoms with Crippen molar-refractivity contribution in [3.05, 3.63) is 52.6 Å². The predicted octanol–water partition coefficient (Wildman–Crippen LogP) is 4.88. The van der Waals surface area contributed by atoms with Gasteiger partial charge in [-0.25, -0.2) is 0 Å². The summed E-state index contributed by atoms with van der Waals surface area (Å²) in [5.74, 6) is 0.392. The third kappa shape index (κ3) is 4.79. The van der Waals surface area contributed by atoms with Crippen molar-refractivity contribution in [1.29, 1.82) is 0 Å². The smallest absolute Gasteiger partial charge is 0.224 e. The van der Waals surface area contributed by atoms with Gasteiger partial charge in [-0.3, -0.25) is 14.4 Å². The molecule has 1 N–H and O–H groups in total. The summed E-state index contributed by atoms with van der Waals surface area (Å²) in [6.45, 7) is 10.6. The molecule has 2 aromatic carbocycles. The van der Waals surface area contributed by atoms with Gasteiger partial charge in [-0.2, -0.15) is 0 Å². The Kier molecular flexibility index (Phi) is 6.78. The van der Waals surface area contributed by atoms with Crippen LogP contribution in [0.2, 0.25) is 0 Å². The van der Waals surface area contributed by atoms with E-state index < -0.39 is 0 Å². The molecule has 0 heterocycles. The lowest BCUT2D eigenvalue weighted by molar-refractivity contribution is -0.115. The van der Waals surface area contributed by atoms with Crippen LogP contribution in [0.4, 0.5) is 5.69 Å². The maximum Gasteiger partial charge on any atom is 0.224 e. The number of ketones is 2. The summed E-state index contributed by atoms with van der Waals surface area (Å²) in [6, 6.07) is 8.22. The van der Waals surface area contributed by atoms with Crippen LogP contribution in [0.3, 0.4) is 0 Å². The SMILES string of the molecule is CCC(=O)Nc1cc(OCC(C)C)c2c(c1)C(=O)c1cccc(OCC(C)C)c1C2=O. The topological polar surface area (TPSA) is 81.7 Å². The fourth-order valence-electron chi connectivity index (χ4n) is 3.32. The zero-order valence-corrected chi connectivity index (χ0v) is 18.7. The summed E-state index contributed by atoms with van der Waals surface area (Å²) < 4.78 is 11.8. The van der Waals surface area contributed by atoms with Crippen LogP contribution in [-0.2, 0) is 4.79 Å². The zero-order valence-electron chi connectivity index (χ0n) is 18.7. The molecule has 0 atom stereocenters. The molecule has 0 unspecified atom stereocenters. The standard InChI is InChI=1S/C25H29NO5/c1-6-21(27)26-16-10-18-23(20(11-16)31-13-15(4)5)25(29)22-17(24(18)28)8-7-9-19(22)30-12-14(2)3/h7-11,14-15H,6,12-13H2,1-5H3,(H,26,27). The minimum Gasteiger partial charge on any atom is -0.493 e. The van der Waals surface area contributed by atoms with E-state index in [-0.39, 0.29) is 46.0 Å². The van der Waals surface area contributed by atoms with Crippen molar-refractivity contribution in [2.75, 3.05) is 18.5 Å². The maximum absolute atomic E-state index is 13.6.